The summed E-state index contributed by atoms with van der Waals surface area (Å²) in [7, 11) is 0. The lowest BCUT2D eigenvalue weighted by atomic mass is 9.85. The molecule has 0 bridgehead atoms. The van der Waals surface area contributed by atoms with Gasteiger partial charge in [0.05, 0.1) is 0 Å². The number of ketones is 1. The molecule has 0 amide bonds. The summed E-state index contributed by atoms with van der Waals surface area (Å²) in [6, 6.07) is 13.8. The molecule has 0 spiro atoms. The molecule has 2 aromatic carbocycles. The summed E-state index contributed by atoms with van der Waals surface area (Å²) < 4.78 is 15.7. The van der Waals surface area contributed by atoms with Crippen LogP contribution in [0.2, 0.25) is 5.02 Å². The lowest BCUT2D eigenvalue weighted by molar-refractivity contribution is -0.116. The number of fused-ring (bicyclic) bond motifs is 1. The molecule has 0 radical (unpaired) electrons. The Balaban J connectivity index is 1.53. The summed E-state index contributed by atoms with van der Waals surface area (Å²) in [5.41, 5.74) is 3.01. The lowest BCUT2D eigenvalue weighted by Gasteiger charge is -2.32. The van der Waals surface area contributed by atoms with Crippen LogP contribution in [0.3, 0.4) is 0 Å². The van der Waals surface area contributed by atoms with Crippen molar-refractivity contribution >= 4 is 35.1 Å². The summed E-state index contributed by atoms with van der Waals surface area (Å²) in [5.74, 6) is 0.849. The average Bonchev–Trinajstić information content (AvgIpc) is 3.15. The molecule has 1 aliphatic carbocycles. The SMILES string of the molecule is O=C1CCCC2=C1[C@@H](c1ccccc1Cl)n1nc(SCc3ccccc3F)nc1N2. The molecule has 2 aliphatic rings. The van der Waals surface area contributed by atoms with E-state index >= 15 is 0 Å². The van der Waals surface area contributed by atoms with E-state index in [4.69, 9.17) is 11.6 Å². The predicted octanol–water partition coefficient (Wildman–Crippen LogP) is 5.38. The number of hydrogen-bond acceptors (Lipinski definition) is 5. The third-order valence-corrected chi connectivity index (χ3v) is 6.59. The van der Waals surface area contributed by atoms with E-state index in [0.29, 0.717) is 39.4 Å². The molecule has 30 heavy (non-hydrogen) atoms. The van der Waals surface area contributed by atoms with Gasteiger partial charge in [0, 0.05) is 34.0 Å². The van der Waals surface area contributed by atoms with Gasteiger partial charge in [-0.3, -0.25) is 4.79 Å². The average molecular weight is 441 g/mol. The topological polar surface area (TPSA) is 59.8 Å². The number of carbonyl (C=O) groups is 1. The zero-order valence-electron chi connectivity index (χ0n) is 15.9. The van der Waals surface area contributed by atoms with E-state index in [1.807, 2.05) is 30.3 Å². The minimum atomic E-state index is -0.423. The Morgan fingerprint density at radius 3 is 2.80 bits per heavy atom. The van der Waals surface area contributed by atoms with E-state index < -0.39 is 6.04 Å². The Kier molecular flexibility index (Phi) is 5.08. The second kappa shape index (κ2) is 7.89. The van der Waals surface area contributed by atoms with Crippen molar-refractivity contribution in [2.75, 3.05) is 5.32 Å². The molecule has 2 heterocycles. The maximum absolute atomic E-state index is 14.0. The summed E-state index contributed by atoms with van der Waals surface area (Å²) in [6.07, 6.45) is 2.11. The number of hydrogen-bond donors (Lipinski definition) is 1. The molecule has 1 N–H and O–H groups in total. The van der Waals surface area contributed by atoms with Crippen LogP contribution in [0, 0.1) is 5.82 Å². The van der Waals surface area contributed by atoms with Gasteiger partial charge < -0.3 is 5.32 Å². The van der Waals surface area contributed by atoms with Crippen LogP contribution in [-0.4, -0.2) is 20.5 Å². The van der Waals surface area contributed by atoms with E-state index in [9.17, 15) is 9.18 Å². The highest BCUT2D eigenvalue weighted by molar-refractivity contribution is 7.98. The highest BCUT2D eigenvalue weighted by Gasteiger charge is 2.37. The fourth-order valence-corrected chi connectivity index (χ4v) is 4.99. The largest absolute Gasteiger partial charge is 0.328 e. The van der Waals surface area contributed by atoms with Crippen molar-refractivity contribution < 1.29 is 9.18 Å². The van der Waals surface area contributed by atoms with Gasteiger partial charge in [-0.1, -0.05) is 59.8 Å². The minimum absolute atomic E-state index is 0.107. The van der Waals surface area contributed by atoms with E-state index in [1.54, 1.807) is 16.8 Å². The van der Waals surface area contributed by atoms with Crippen LogP contribution in [0.25, 0.3) is 0 Å². The number of thioether (sulfide) groups is 1. The quantitative estimate of drug-likeness (QED) is 0.551. The Bertz CT molecular complexity index is 1180. The zero-order valence-corrected chi connectivity index (χ0v) is 17.5. The first-order valence-corrected chi connectivity index (χ1v) is 11.1. The Labute approximate surface area is 182 Å². The smallest absolute Gasteiger partial charge is 0.227 e. The van der Waals surface area contributed by atoms with Gasteiger partial charge in [0.15, 0.2) is 5.78 Å². The Hall–Kier alpha value is -2.64. The highest BCUT2D eigenvalue weighted by Crippen LogP contribution is 2.42. The van der Waals surface area contributed by atoms with E-state index in [-0.39, 0.29) is 11.6 Å². The van der Waals surface area contributed by atoms with Crippen molar-refractivity contribution in [3.05, 3.63) is 81.8 Å². The number of nitrogens with one attached hydrogen (secondary N) is 1. The highest BCUT2D eigenvalue weighted by atomic mass is 35.5. The van der Waals surface area contributed by atoms with Gasteiger partial charge in [-0.25, -0.2) is 9.07 Å². The molecule has 8 heteroatoms. The van der Waals surface area contributed by atoms with Gasteiger partial charge >= 0.3 is 0 Å². The maximum atomic E-state index is 14.0. The minimum Gasteiger partial charge on any atom is -0.328 e. The molecular formula is C22H18ClFN4OS. The first-order valence-electron chi connectivity index (χ1n) is 9.72. The van der Waals surface area contributed by atoms with Crippen LogP contribution in [0.5, 0.6) is 0 Å². The number of nitrogens with zero attached hydrogens (tertiary/aromatic N) is 3. The molecule has 1 aromatic heterocycles. The summed E-state index contributed by atoms with van der Waals surface area (Å²) >= 11 is 7.86. The van der Waals surface area contributed by atoms with Crippen LogP contribution in [-0.2, 0) is 10.5 Å². The van der Waals surface area contributed by atoms with Gasteiger partial charge in [-0.05, 0) is 30.5 Å². The van der Waals surface area contributed by atoms with Crippen LogP contribution in [0.4, 0.5) is 10.3 Å². The van der Waals surface area contributed by atoms with E-state index in [2.05, 4.69) is 15.4 Å². The molecule has 0 unspecified atom stereocenters. The van der Waals surface area contributed by atoms with Gasteiger partial charge in [-0.15, -0.1) is 5.10 Å². The standard InChI is InChI=1S/C22H18ClFN4OS/c23-15-8-3-2-7-14(15)20-19-17(10-5-11-18(19)29)25-21-26-22(27-28(20)21)30-12-13-6-1-4-9-16(13)24/h1-4,6-9,20H,5,10-12H2,(H,25,26,27)/t20-/m1/s1. The fraction of sp³-hybridized carbons (Fsp3) is 0.227. The number of allylic oxidation sites excluding steroid dienone is 2. The van der Waals surface area contributed by atoms with Crippen molar-refractivity contribution in [2.45, 2.75) is 36.2 Å². The van der Waals surface area contributed by atoms with Gasteiger partial charge in [-0.2, -0.15) is 4.98 Å². The molecule has 0 saturated heterocycles. The van der Waals surface area contributed by atoms with Crippen molar-refractivity contribution in [2.24, 2.45) is 0 Å². The molecular weight excluding hydrogens is 423 g/mol. The van der Waals surface area contributed by atoms with Crippen LogP contribution in [0.1, 0.15) is 36.4 Å². The van der Waals surface area contributed by atoms with Crippen molar-refractivity contribution in [1.82, 2.24) is 14.8 Å². The zero-order chi connectivity index (χ0) is 20.7. The number of halogens is 2. The molecule has 5 nitrogen and oxygen atoms in total. The number of anilines is 1. The Morgan fingerprint density at radius 2 is 1.97 bits per heavy atom. The van der Waals surface area contributed by atoms with Gasteiger partial charge in [0.2, 0.25) is 11.1 Å². The monoisotopic (exact) mass is 440 g/mol. The summed E-state index contributed by atoms with van der Waals surface area (Å²) in [4.78, 5) is 17.4. The number of benzene rings is 2. The summed E-state index contributed by atoms with van der Waals surface area (Å²) in [5, 5.41) is 9.05. The third-order valence-electron chi connectivity index (χ3n) is 5.36. The number of carbonyl (C=O) groups excluding carboxylic acids is 1. The van der Waals surface area contributed by atoms with Crippen LogP contribution in [0.15, 0.2) is 65.0 Å². The Morgan fingerprint density at radius 1 is 1.17 bits per heavy atom. The summed E-state index contributed by atoms with van der Waals surface area (Å²) in [6.45, 7) is 0. The maximum Gasteiger partial charge on any atom is 0.227 e. The molecule has 152 valence electrons. The van der Waals surface area contributed by atoms with Gasteiger partial charge in [0.25, 0.3) is 0 Å². The number of aromatic nitrogens is 3. The number of rotatable bonds is 4. The van der Waals surface area contributed by atoms with Crippen LogP contribution < -0.4 is 5.32 Å². The van der Waals surface area contributed by atoms with Gasteiger partial charge in [0.1, 0.15) is 11.9 Å². The molecule has 0 fully saturated rings. The molecule has 1 atom stereocenters. The van der Waals surface area contributed by atoms with Crippen molar-refractivity contribution in [1.29, 1.82) is 0 Å². The fourth-order valence-electron chi connectivity index (χ4n) is 3.94. The van der Waals surface area contributed by atoms with Crippen LogP contribution >= 0.6 is 23.4 Å². The predicted molar refractivity (Wildman–Crippen MR) is 115 cm³/mol. The van der Waals surface area contributed by atoms with E-state index in [1.165, 1.54) is 17.8 Å². The first kappa shape index (κ1) is 19.3. The molecule has 1 aliphatic heterocycles. The van der Waals surface area contributed by atoms with Crippen molar-refractivity contribution in [3.8, 4) is 0 Å². The lowest BCUT2D eigenvalue weighted by Crippen LogP contribution is -2.31. The molecule has 5 rings (SSSR count). The second-order valence-corrected chi connectivity index (χ2v) is 8.61. The second-order valence-electron chi connectivity index (χ2n) is 7.26. The first-order chi connectivity index (χ1) is 14.6. The molecule has 0 saturated carbocycles. The molecule has 3 aromatic rings. The number of Topliss-reactive ketones (excluding diaryl/α,β-unsaturated/α-hetero) is 1. The van der Waals surface area contributed by atoms with Crippen molar-refractivity contribution in [3.63, 3.8) is 0 Å². The van der Waals surface area contributed by atoms with E-state index in [0.717, 1.165) is 24.1 Å². The normalized spacial score (nSPS) is 18.1. The third kappa shape index (κ3) is 3.42.